The number of nitrogens with one attached hydrogen (secondary N) is 1. The summed E-state index contributed by atoms with van der Waals surface area (Å²) in [4.78, 5) is 13.9. The lowest BCUT2D eigenvalue weighted by Gasteiger charge is -2.17. The van der Waals surface area contributed by atoms with Crippen LogP contribution in [0.15, 0.2) is 59.5 Å². The number of thioether (sulfide) groups is 1. The number of halogens is 2. The van der Waals surface area contributed by atoms with Gasteiger partial charge in [-0.1, -0.05) is 41.4 Å². The van der Waals surface area contributed by atoms with Crippen LogP contribution < -0.4 is 10.1 Å². The average molecular weight is 471 g/mol. The van der Waals surface area contributed by atoms with Crippen LogP contribution in [0.5, 0.6) is 5.75 Å². The Hall–Kier alpha value is -2.65. The summed E-state index contributed by atoms with van der Waals surface area (Å²) in [6.07, 6.45) is 1.96. The minimum atomic E-state index is -0.549. The highest BCUT2D eigenvalue weighted by atomic mass is 35.5. The quantitative estimate of drug-likeness (QED) is 0.396. The fourth-order valence-corrected chi connectivity index (χ4v) is 4.04. The highest BCUT2D eigenvalue weighted by molar-refractivity contribution is 7.98. The zero-order valence-electron chi connectivity index (χ0n) is 17.2. The van der Waals surface area contributed by atoms with Gasteiger partial charge in [-0.25, -0.2) is 0 Å². The Morgan fingerprint density at radius 1 is 1.13 bits per heavy atom. The van der Waals surface area contributed by atoms with Gasteiger partial charge in [-0.05, 0) is 66.3 Å². The second-order valence-electron chi connectivity index (χ2n) is 6.82. The smallest absolute Gasteiger partial charge is 0.259 e. The minimum Gasteiger partial charge on any atom is -0.496 e. The number of ether oxygens (including phenoxy) is 1. The maximum Gasteiger partial charge on any atom is 0.259 e. The van der Waals surface area contributed by atoms with E-state index < -0.39 is 5.92 Å². The molecule has 158 valence electrons. The molecule has 1 amide bonds. The van der Waals surface area contributed by atoms with E-state index in [0.717, 1.165) is 16.0 Å². The van der Waals surface area contributed by atoms with E-state index in [4.69, 9.17) is 27.9 Å². The van der Waals surface area contributed by atoms with Crippen LogP contribution in [0.25, 0.3) is 0 Å². The lowest BCUT2D eigenvalue weighted by atomic mass is 9.91. The number of anilines is 1. The van der Waals surface area contributed by atoms with E-state index in [9.17, 15) is 10.1 Å². The van der Waals surface area contributed by atoms with E-state index >= 15 is 0 Å². The van der Waals surface area contributed by atoms with Crippen molar-refractivity contribution in [2.75, 3.05) is 18.7 Å². The molecule has 0 heterocycles. The van der Waals surface area contributed by atoms with Crippen LogP contribution in [-0.4, -0.2) is 19.3 Å². The Bertz CT molecular complexity index is 1160. The van der Waals surface area contributed by atoms with Crippen LogP contribution in [0.4, 0.5) is 5.69 Å². The van der Waals surface area contributed by atoms with Crippen molar-refractivity contribution in [2.45, 2.75) is 17.7 Å². The SMILES string of the molecule is COc1cc(SC)ccc1C(=O)Nc1cc(Cl)c([C@H](C#N)c2ccc(Cl)cc2)cc1C. The molecule has 3 aromatic rings. The van der Waals surface area contributed by atoms with E-state index in [1.807, 2.05) is 43.5 Å². The number of carbonyl (C=O) groups is 1. The first-order valence-corrected chi connectivity index (χ1v) is 11.3. The minimum absolute atomic E-state index is 0.300. The van der Waals surface area contributed by atoms with Gasteiger partial charge in [-0.2, -0.15) is 5.26 Å². The van der Waals surface area contributed by atoms with Crippen molar-refractivity contribution < 1.29 is 9.53 Å². The van der Waals surface area contributed by atoms with Gasteiger partial charge in [0.15, 0.2) is 0 Å². The average Bonchev–Trinajstić information content (AvgIpc) is 2.78. The second kappa shape index (κ2) is 10.1. The summed E-state index contributed by atoms with van der Waals surface area (Å²) in [5.41, 5.74) is 3.26. The number of amides is 1. The highest BCUT2D eigenvalue weighted by Gasteiger charge is 2.20. The summed E-state index contributed by atoms with van der Waals surface area (Å²) in [5, 5.41) is 13.6. The van der Waals surface area contributed by atoms with Gasteiger partial charge in [0.05, 0.1) is 24.7 Å². The van der Waals surface area contributed by atoms with Crippen LogP contribution in [0.3, 0.4) is 0 Å². The molecule has 0 aliphatic rings. The molecule has 0 aliphatic heterocycles. The zero-order chi connectivity index (χ0) is 22.5. The number of carbonyl (C=O) groups excluding carboxylic acids is 1. The molecule has 1 atom stereocenters. The van der Waals surface area contributed by atoms with Gasteiger partial charge in [0.25, 0.3) is 5.91 Å². The lowest BCUT2D eigenvalue weighted by Crippen LogP contribution is -2.14. The first-order chi connectivity index (χ1) is 14.9. The van der Waals surface area contributed by atoms with E-state index in [2.05, 4.69) is 11.4 Å². The van der Waals surface area contributed by atoms with Crippen LogP contribution in [0.1, 0.15) is 33.0 Å². The highest BCUT2D eigenvalue weighted by Crippen LogP contribution is 2.35. The van der Waals surface area contributed by atoms with Crippen LogP contribution in [0.2, 0.25) is 10.0 Å². The topological polar surface area (TPSA) is 62.1 Å². The largest absolute Gasteiger partial charge is 0.496 e. The van der Waals surface area contributed by atoms with Crippen molar-refractivity contribution in [1.29, 1.82) is 5.26 Å². The van der Waals surface area contributed by atoms with Gasteiger partial charge in [0, 0.05) is 20.6 Å². The molecule has 0 spiro atoms. The number of aryl methyl sites for hydroxylation is 1. The van der Waals surface area contributed by atoms with Gasteiger partial charge in [-0.3, -0.25) is 4.79 Å². The third kappa shape index (κ3) is 5.16. The molecule has 3 rings (SSSR count). The van der Waals surface area contributed by atoms with E-state index in [1.54, 1.807) is 36.0 Å². The molecule has 7 heteroatoms. The van der Waals surface area contributed by atoms with Crippen LogP contribution in [-0.2, 0) is 0 Å². The van der Waals surface area contributed by atoms with Gasteiger partial charge < -0.3 is 10.1 Å². The molecular formula is C24H20Cl2N2O2S. The predicted octanol–water partition coefficient (Wildman–Crippen LogP) is 6.94. The summed E-state index contributed by atoms with van der Waals surface area (Å²) < 4.78 is 5.38. The van der Waals surface area contributed by atoms with Crippen molar-refractivity contribution in [3.8, 4) is 11.8 Å². The van der Waals surface area contributed by atoms with Gasteiger partial charge >= 0.3 is 0 Å². The monoisotopic (exact) mass is 470 g/mol. The van der Waals surface area contributed by atoms with Crippen molar-refractivity contribution in [1.82, 2.24) is 0 Å². The van der Waals surface area contributed by atoms with E-state index in [0.29, 0.717) is 32.6 Å². The summed E-state index contributed by atoms with van der Waals surface area (Å²) in [5.74, 6) is -0.352. The number of methoxy groups -OCH3 is 1. The van der Waals surface area contributed by atoms with Crippen LogP contribution >= 0.6 is 35.0 Å². The summed E-state index contributed by atoms with van der Waals surface area (Å²) in [6, 6.07) is 18.3. The maximum atomic E-state index is 12.9. The zero-order valence-corrected chi connectivity index (χ0v) is 19.5. The Morgan fingerprint density at radius 2 is 1.84 bits per heavy atom. The standard InChI is InChI=1S/C24H20Cl2N2O2S/c1-14-10-19(20(13-27)15-4-6-16(25)7-5-15)21(26)12-22(14)28-24(29)18-9-8-17(31-3)11-23(18)30-2/h4-12,20H,1-3H3,(H,28,29)/t20-/m1/s1. The fraction of sp³-hybridized carbons (Fsp3) is 0.167. The molecule has 0 fully saturated rings. The van der Waals surface area contributed by atoms with Crippen LogP contribution in [0, 0.1) is 18.3 Å². The normalized spacial score (nSPS) is 11.5. The molecule has 0 unspecified atom stereocenters. The molecule has 1 N–H and O–H groups in total. The third-order valence-corrected chi connectivity index (χ3v) is 6.19. The Kier molecular flexibility index (Phi) is 7.50. The molecule has 31 heavy (non-hydrogen) atoms. The number of benzene rings is 3. The maximum absolute atomic E-state index is 12.9. The molecule has 0 aromatic heterocycles. The summed E-state index contributed by atoms with van der Waals surface area (Å²) in [6.45, 7) is 1.86. The molecule has 4 nitrogen and oxygen atoms in total. The Labute approximate surface area is 196 Å². The van der Waals surface area contributed by atoms with Gasteiger partial charge in [0.1, 0.15) is 5.75 Å². The number of hydrogen-bond donors (Lipinski definition) is 1. The molecule has 0 radical (unpaired) electrons. The molecule has 0 aliphatic carbocycles. The Balaban J connectivity index is 1.91. The van der Waals surface area contributed by atoms with Crippen molar-refractivity contribution in [3.63, 3.8) is 0 Å². The first-order valence-electron chi connectivity index (χ1n) is 9.36. The molecule has 3 aromatic carbocycles. The number of hydrogen-bond acceptors (Lipinski definition) is 4. The van der Waals surface area contributed by atoms with E-state index in [1.165, 1.54) is 7.11 Å². The van der Waals surface area contributed by atoms with Crippen molar-refractivity contribution in [3.05, 3.63) is 86.9 Å². The molecule has 0 saturated heterocycles. The second-order valence-corrected chi connectivity index (χ2v) is 8.55. The summed E-state index contributed by atoms with van der Waals surface area (Å²) in [7, 11) is 1.53. The summed E-state index contributed by atoms with van der Waals surface area (Å²) >= 11 is 14.1. The molecule has 0 bridgehead atoms. The molecular weight excluding hydrogens is 451 g/mol. The Morgan fingerprint density at radius 3 is 2.45 bits per heavy atom. The van der Waals surface area contributed by atoms with Crippen molar-refractivity contribution >= 4 is 46.6 Å². The number of nitrogens with zero attached hydrogens (tertiary/aromatic N) is 1. The third-order valence-electron chi connectivity index (χ3n) is 4.89. The fourth-order valence-electron chi connectivity index (χ4n) is 3.21. The van der Waals surface area contributed by atoms with Crippen molar-refractivity contribution in [2.24, 2.45) is 0 Å². The number of rotatable bonds is 6. The predicted molar refractivity (Wildman–Crippen MR) is 128 cm³/mol. The van der Waals surface area contributed by atoms with Gasteiger partial charge in [0.2, 0.25) is 0 Å². The lowest BCUT2D eigenvalue weighted by molar-refractivity contribution is 0.102. The first kappa shape index (κ1) is 23.0. The molecule has 0 saturated carbocycles. The van der Waals surface area contributed by atoms with Gasteiger partial charge in [-0.15, -0.1) is 11.8 Å². The number of nitriles is 1. The van der Waals surface area contributed by atoms with E-state index in [-0.39, 0.29) is 5.91 Å².